The summed E-state index contributed by atoms with van der Waals surface area (Å²) in [6.45, 7) is 9.91. The van der Waals surface area contributed by atoms with Crippen molar-refractivity contribution >= 4 is 0 Å². The molecule has 0 saturated carbocycles. The maximum absolute atomic E-state index is 5.14. The van der Waals surface area contributed by atoms with Crippen LogP contribution in [-0.4, -0.2) is 25.8 Å². The Hall–Kier alpha value is -0.0800. The van der Waals surface area contributed by atoms with E-state index in [1.165, 1.54) is 19.3 Å². The van der Waals surface area contributed by atoms with Gasteiger partial charge in [-0.05, 0) is 18.8 Å². The van der Waals surface area contributed by atoms with Gasteiger partial charge in [0.15, 0.2) is 0 Å². The van der Waals surface area contributed by atoms with Gasteiger partial charge in [-0.3, -0.25) is 0 Å². The van der Waals surface area contributed by atoms with Gasteiger partial charge in [0.1, 0.15) is 0 Å². The van der Waals surface area contributed by atoms with Crippen LogP contribution in [0.25, 0.3) is 0 Å². The third-order valence-electron chi connectivity index (χ3n) is 2.88. The molecule has 1 N–H and O–H groups in total. The van der Waals surface area contributed by atoms with Gasteiger partial charge in [-0.2, -0.15) is 0 Å². The number of ether oxygens (including phenoxy) is 1. The van der Waals surface area contributed by atoms with Gasteiger partial charge >= 0.3 is 0 Å². The molecule has 0 fully saturated rings. The molecule has 0 aliphatic heterocycles. The molecular weight excluding hydrogens is 186 g/mol. The van der Waals surface area contributed by atoms with Crippen molar-refractivity contribution in [3.8, 4) is 0 Å². The maximum Gasteiger partial charge on any atom is 0.0465 e. The lowest BCUT2D eigenvalue weighted by Gasteiger charge is -2.27. The lowest BCUT2D eigenvalue weighted by atomic mass is 9.93. The summed E-state index contributed by atoms with van der Waals surface area (Å²) in [6.07, 6.45) is 5.05. The van der Waals surface area contributed by atoms with E-state index in [9.17, 15) is 0 Å². The number of hydrogen-bond acceptors (Lipinski definition) is 2. The van der Waals surface area contributed by atoms with Gasteiger partial charge in [0, 0.05) is 25.8 Å². The number of methoxy groups -OCH3 is 1. The zero-order valence-corrected chi connectivity index (χ0v) is 11.2. The standard InChI is InChI=1S/C13H29NO/c1-6-7-8-13(14-11(2)3)12(4)9-10-15-5/h11-14H,6-10H2,1-5H3. The Bertz CT molecular complexity index is 136. The van der Waals surface area contributed by atoms with Crippen LogP contribution in [0.5, 0.6) is 0 Å². The van der Waals surface area contributed by atoms with E-state index in [-0.39, 0.29) is 0 Å². The predicted octanol–water partition coefficient (Wildman–Crippen LogP) is 3.22. The van der Waals surface area contributed by atoms with Crippen LogP contribution >= 0.6 is 0 Å². The normalized spacial score (nSPS) is 15.6. The molecule has 0 spiro atoms. The first-order valence-electron chi connectivity index (χ1n) is 6.36. The fourth-order valence-corrected chi connectivity index (χ4v) is 1.89. The number of hydrogen-bond donors (Lipinski definition) is 1. The van der Waals surface area contributed by atoms with E-state index in [0.717, 1.165) is 13.0 Å². The SMILES string of the molecule is CCCCC(NC(C)C)C(C)CCOC. The highest BCUT2D eigenvalue weighted by atomic mass is 16.5. The summed E-state index contributed by atoms with van der Waals surface area (Å²) in [4.78, 5) is 0. The minimum absolute atomic E-state index is 0.580. The van der Waals surface area contributed by atoms with Crippen LogP contribution in [-0.2, 0) is 4.74 Å². The molecule has 0 bridgehead atoms. The van der Waals surface area contributed by atoms with Crippen molar-refractivity contribution in [1.29, 1.82) is 0 Å². The molecule has 92 valence electrons. The van der Waals surface area contributed by atoms with Gasteiger partial charge in [-0.1, -0.05) is 40.5 Å². The minimum Gasteiger partial charge on any atom is -0.385 e. The van der Waals surface area contributed by atoms with Crippen LogP contribution in [0.4, 0.5) is 0 Å². The molecule has 2 atom stereocenters. The highest BCUT2D eigenvalue weighted by Crippen LogP contribution is 2.15. The molecule has 2 heteroatoms. The summed E-state index contributed by atoms with van der Waals surface area (Å²) in [6, 6.07) is 1.23. The average molecular weight is 215 g/mol. The summed E-state index contributed by atoms with van der Waals surface area (Å²) in [5, 5.41) is 3.67. The molecule has 15 heavy (non-hydrogen) atoms. The summed E-state index contributed by atoms with van der Waals surface area (Å²) in [7, 11) is 1.78. The second kappa shape index (κ2) is 9.17. The van der Waals surface area contributed by atoms with E-state index in [0.29, 0.717) is 18.0 Å². The van der Waals surface area contributed by atoms with Gasteiger partial charge in [0.25, 0.3) is 0 Å². The van der Waals surface area contributed by atoms with Crippen molar-refractivity contribution in [2.75, 3.05) is 13.7 Å². The molecule has 0 heterocycles. The number of rotatable bonds is 9. The van der Waals surface area contributed by atoms with Crippen LogP contribution < -0.4 is 5.32 Å². The van der Waals surface area contributed by atoms with Gasteiger partial charge < -0.3 is 10.1 Å². The second-order valence-corrected chi connectivity index (χ2v) is 4.83. The van der Waals surface area contributed by atoms with Crippen molar-refractivity contribution in [2.45, 2.75) is 65.5 Å². The van der Waals surface area contributed by atoms with E-state index in [1.54, 1.807) is 7.11 Å². The van der Waals surface area contributed by atoms with E-state index in [1.807, 2.05) is 0 Å². The summed E-state index contributed by atoms with van der Waals surface area (Å²) in [5.41, 5.74) is 0. The summed E-state index contributed by atoms with van der Waals surface area (Å²) < 4.78 is 5.14. The average Bonchev–Trinajstić information content (AvgIpc) is 2.20. The fraction of sp³-hybridized carbons (Fsp3) is 1.00. The summed E-state index contributed by atoms with van der Waals surface area (Å²) >= 11 is 0. The maximum atomic E-state index is 5.14. The molecule has 0 aromatic rings. The van der Waals surface area contributed by atoms with Crippen LogP contribution in [0.3, 0.4) is 0 Å². The van der Waals surface area contributed by atoms with Crippen molar-refractivity contribution in [1.82, 2.24) is 5.32 Å². The highest BCUT2D eigenvalue weighted by molar-refractivity contribution is 4.75. The van der Waals surface area contributed by atoms with Gasteiger partial charge in [0.05, 0.1) is 0 Å². The van der Waals surface area contributed by atoms with Crippen LogP contribution in [0.1, 0.15) is 53.4 Å². The first-order chi connectivity index (χ1) is 7.11. The Morgan fingerprint density at radius 1 is 1.13 bits per heavy atom. The van der Waals surface area contributed by atoms with Crippen molar-refractivity contribution in [2.24, 2.45) is 5.92 Å². The van der Waals surface area contributed by atoms with Crippen LogP contribution in [0.15, 0.2) is 0 Å². The fourth-order valence-electron chi connectivity index (χ4n) is 1.89. The zero-order chi connectivity index (χ0) is 11.7. The largest absolute Gasteiger partial charge is 0.385 e. The molecule has 2 nitrogen and oxygen atoms in total. The van der Waals surface area contributed by atoms with Gasteiger partial charge in [-0.25, -0.2) is 0 Å². The lowest BCUT2D eigenvalue weighted by molar-refractivity contribution is 0.166. The Morgan fingerprint density at radius 3 is 2.27 bits per heavy atom. The Morgan fingerprint density at radius 2 is 1.80 bits per heavy atom. The monoisotopic (exact) mass is 215 g/mol. The second-order valence-electron chi connectivity index (χ2n) is 4.83. The Balaban J connectivity index is 3.95. The van der Waals surface area contributed by atoms with Crippen molar-refractivity contribution < 1.29 is 4.74 Å². The third-order valence-corrected chi connectivity index (χ3v) is 2.88. The first-order valence-corrected chi connectivity index (χ1v) is 6.36. The predicted molar refractivity (Wildman–Crippen MR) is 67.2 cm³/mol. The zero-order valence-electron chi connectivity index (χ0n) is 11.2. The molecule has 0 aromatic carbocycles. The Labute approximate surface area is 95.8 Å². The smallest absolute Gasteiger partial charge is 0.0465 e. The lowest BCUT2D eigenvalue weighted by Crippen LogP contribution is -2.39. The quantitative estimate of drug-likeness (QED) is 0.637. The third kappa shape index (κ3) is 7.80. The molecular formula is C13H29NO. The minimum atomic E-state index is 0.580. The Kier molecular flexibility index (Phi) is 9.12. The van der Waals surface area contributed by atoms with E-state index < -0.39 is 0 Å². The number of nitrogens with one attached hydrogen (secondary N) is 1. The van der Waals surface area contributed by atoms with Gasteiger partial charge in [-0.15, -0.1) is 0 Å². The van der Waals surface area contributed by atoms with E-state index in [2.05, 4.69) is 33.0 Å². The van der Waals surface area contributed by atoms with E-state index in [4.69, 9.17) is 4.74 Å². The first kappa shape index (κ1) is 14.9. The molecule has 0 aliphatic rings. The van der Waals surface area contributed by atoms with Crippen molar-refractivity contribution in [3.63, 3.8) is 0 Å². The molecule has 2 unspecified atom stereocenters. The molecule has 0 radical (unpaired) electrons. The number of unbranched alkanes of at least 4 members (excludes halogenated alkanes) is 1. The van der Waals surface area contributed by atoms with Crippen molar-refractivity contribution in [3.05, 3.63) is 0 Å². The van der Waals surface area contributed by atoms with Gasteiger partial charge in [0.2, 0.25) is 0 Å². The van der Waals surface area contributed by atoms with E-state index >= 15 is 0 Å². The van der Waals surface area contributed by atoms with Crippen LogP contribution in [0.2, 0.25) is 0 Å². The van der Waals surface area contributed by atoms with Crippen LogP contribution in [0, 0.1) is 5.92 Å². The summed E-state index contributed by atoms with van der Waals surface area (Å²) in [5.74, 6) is 0.707. The molecule has 0 rings (SSSR count). The molecule has 0 saturated heterocycles. The topological polar surface area (TPSA) is 21.3 Å². The molecule has 0 aromatic heterocycles. The highest BCUT2D eigenvalue weighted by Gasteiger charge is 2.16. The molecule has 0 amide bonds. The molecule has 0 aliphatic carbocycles.